The maximum absolute atomic E-state index is 8.86. The van der Waals surface area contributed by atoms with Crippen LogP contribution >= 0.6 is 0 Å². The van der Waals surface area contributed by atoms with Gasteiger partial charge in [-0.3, -0.25) is 4.90 Å². The molecule has 0 saturated carbocycles. The Morgan fingerprint density at radius 2 is 2.21 bits per heavy atom. The van der Waals surface area contributed by atoms with Crippen LogP contribution in [0, 0.1) is 11.3 Å². The van der Waals surface area contributed by atoms with Gasteiger partial charge in [-0.1, -0.05) is 6.07 Å². The molecular weight excluding hydrogens is 174 g/mol. The smallest absolute Gasteiger partial charge is 0.144 e. The fourth-order valence-corrected chi connectivity index (χ4v) is 1.85. The first kappa shape index (κ1) is 9.17. The number of hydrogen-bond acceptors (Lipinski definition) is 3. The maximum Gasteiger partial charge on any atom is 0.144 e. The SMILES string of the molecule is N#Cc1ncccc1CN1CCCC1. The Kier molecular flexibility index (Phi) is 2.76. The van der Waals surface area contributed by atoms with Gasteiger partial charge in [-0.25, -0.2) is 4.98 Å². The fraction of sp³-hybridized carbons (Fsp3) is 0.455. The van der Waals surface area contributed by atoms with Crippen LogP contribution in [0.25, 0.3) is 0 Å². The molecule has 1 saturated heterocycles. The summed E-state index contributed by atoms with van der Waals surface area (Å²) < 4.78 is 0. The zero-order chi connectivity index (χ0) is 9.80. The third kappa shape index (κ3) is 1.91. The Hall–Kier alpha value is -1.40. The average molecular weight is 187 g/mol. The average Bonchev–Trinajstić information content (AvgIpc) is 2.71. The second kappa shape index (κ2) is 4.21. The van der Waals surface area contributed by atoms with Crippen molar-refractivity contribution in [1.29, 1.82) is 5.26 Å². The summed E-state index contributed by atoms with van der Waals surface area (Å²) in [5.74, 6) is 0. The van der Waals surface area contributed by atoms with Gasteiger partial charge in [0, 0.05) is 18.3 Å². The Morgan fingerprint density at radius 1 is 1.43 bits per heavy atom. The third-order valence-corrected chi connectivity index (χ3v) is 2.59. The molecule has 0 unspecified atom stereocenters. The predicted molar refractivity (Wildman–Crippen MR) is 53.5 cm³/mol. The second-order valence-corrected chi connectivity index (χ2v) is 3.61. The van der Waals surface area contributed by atoms with Gasteiger partial charge in [0.2, 0.25) is 0 Å². The van der Waals surface area contributed by atoms with E-state index in [1.165, 1.54) is 12.8 Å². The van der Waals surface area contributed by atoms with E-state index in [2.05, 4.69) is 16.0 Å². The van der Waals surface area contributed by atoms with Gasteiger partial charge in [0.05, 0.1) is 0 Å². The van der Waals surface area contributed by atoms with Crippen molar-refractivity contribution in [2.45, 2.75) is 19.4 Å². The summed E-state index contributed by atoms with van der Waals surface area (Å²) in [4.78, 5) is 6.42. The van der Waals surface area contributed by atoms with E-state index in [9.17, 15) is 0 Å². The number of nitrogens with zero attached hydrogens (tertiary/aromatic N) is 3. The molecule has 0 radical (unpaired) electrons. The molecule has 0 amide bonds. The first-order valence-corrected chi connectivity index (χ1v) is 4.96. The standard InChI is InChI=1S/C11H13N3/c12-8-11-10(4-3-5-13-11)9-14-6-1-2-7-14/h3-5H,1-2,6-7,9H2. The van der Waals surface area contributed by atoms with Crippen LogP contribution in [0.2, 0.25) is 0 Å². The quantitative estimate of drug-likeness (QED) is 0.705. The van der Waals surface area contributed by atoms with Gasteiger partial charge in [-0.05, 0) is 32.0 Å². The highest BCUT2D eigenvalue weighted by Crippen LogP contribution is 2.13. The largest absolute Gasteiger partial charge is 0.299 e. The van der Waals surface area contributed by atoms with Crippen LogP contribution in [0.15, 0.2) is 18.3 Å². The van der Waals surface area contributed by atoms with Crippen LogP contribution in [0.4, 0.5) is 0 Å². The van der Waals surface area contributed by atoms with Gasteiger partial charge in [-0.15, -0.1) is 0 Å². The van der Waals surface area contributed by atoms with Gasteiger partial charge in [0.15, 0.2) is 0 Å². The lowest BCUT2D eigenvalue weighted by atomic mass is 10.2. The lowest BCUT2D eigenvalue weighted by molar-refractivity contribution is 0.330. The minimum absolute atomic E-state index is 0.569. The van der Waals surface area contributed by atoms with Crippen LogP contribution < -0.4 is 0 Å². The van der Waals surface area contributed by atoms with E-state index >= 15 is 0 Å². The van der Waals surface area contributed by atoms with Crippen molar-refractivity contribution in [3.8, 4) is 6.07 Å². The van der Waals surface area contributed by atoms with E-state index in [1.807, 2.05) is 12.1 Å². The monoisotopic (exact) mass is 187 g/mol. The Bertz CT molecular complexity index is 348. The summed E-state index contributed by atoms with van der Waals surface area (Å²) in [6.07, 6.45) is 4.23. The highest BCUT2D eigenvalue weighted by molar-refractivity contribution is 5.30. The Labute approximate surface area is 84.0 Å². The molecule has 2 heterocycles. The molecule has 0 aromatic carbocycles. The Morgan fingerprint density at radius 3 is 2.93 bits per heavy atom. The topological polar surface area (TPSA) is 39.9 Å². The van der Waals surface area contributed by atoms with Crippen molar-refractivity contribution in [1.82, 2.24) is 9.88 Å². The lowest BCUT2D eigenvalue weighted by Crippen LogP contribution is -2.19. The van der Waals surface area contributed by atoms with E-state index in [4.69, 9.17) is 5.26 Å². The van der Waals surface area contributed by atoms with E-state index in [0.29, 0.717) is 5.69 Å². The van der Waals surface area contributed by atoms with Gasteiger partial charge < -0.3 is 0 Å². The zero-order valence-corrected chi connectivity index (χ0v) is 8.11. The van der Waals surface area contributed by atoms with E-state index in [0.717, 1.165) is 25.2 Å². The molecule has 1 fully saturated rings. The number of rotatable bonds is 2. The van der Waals surface area contributed by atoms with E-state index < -0.39 is 0 Å². The predicted octanol–water partition coefficient (Wildman–Crippen LogP) is 1.55. The molecule has 0 spiro atoms. The van der Waals surface area contributed by atoms with Crippen molar-refractivity contribution < 1.29 is 0 Å². The summed E-state index contributed by atoms with van der Waals surface area (Å²) in [5.41, 5.74) is 1.62. The molecule has 0 bridgehead atoms. The van der Waals surface area contributed by atoms with Crippen molar-refractivity contribution in [2.75, 3.05) is 13.1 Å². The normalized spacial score (nSPS) is 16.8. The highest BCUT2D eigenvalue weighted by atomic mass is 15.1. The number of nitriles is 1. The molecule has 72 valence electrons. The first-order chi connectivity index (χ1) is 6.90. The first-order valence-electron chi connectivity index (χ1n) is 4.96. The molecule has 0 atom stereocenters. The van der Waals surface area contributed by atoms with Gasteiger partial charge in [-0.2, -0.15) is 5.26 Å². The van der Waals surface area contributed by atoms with Crippen molar-refractivity contribution in [3.05, 3.63) is 29.6 Å². The van der Waals surface area contributed by atoms with Crippen molar-refractivity contribution in [2.24, 2.45) is 0 Å². The molecule has 3 heteroatoms. The summed E-state index contributed by atoms with van der Waals surface area (Å²) in [6, 6.07) is 6.02. The van der Waals surface area contributed by atoms with Crippen LogP contribution in [-0.2, 0) is 6.54 Å². The van der Waals surface area contributed by atoms with Crippen LogP contribution in [0.5, 0.6) is 0 Å². The lowest BCUT2D eigenvalue weighted by Gasteiger charge is -2.14. The summed E-state index contributed by atoms with van der Waals surface area (Å²) in [7, 11) is 0. The van der Waals surface area contributed by atoms with Crippen LogP contribution in [0.3, 0.4) is 0 Å². The fourth-order valence-electron chi connectivity index (χ4n) is 1.85. The molecule has 0 N–H and O–H groups in total. The summed E-state index contributed by atoms with van der Waals surface area (Å²) >= 11 is 0. The number of hydrogen-bond donors (Lipinski definition) is 0. The summed E-state index contributed by atoms with van der Waals surface area (Å²) in [6.45, 7) is 3.18. The van der Waals surface area contributed by atoms with E-state index in [1.54, 1.807) is 6.20 Å². The maximum atomic E-state index is 8.86. The molecule has 0 aliphatic carbocycles. The number of likely N-dealkylation sites (tertiary alicyclic amines) is 1. The van der Waals surface area contributed by atoms with Crippen LogP contribution in [-0.4, -0.2) is 23.0 Å². The molecule has 2 rings (SSSR count). The molecular formula is C11H13N3. The molecule has 1 aliphatic heterocycles. The minimum Gasteiger partial charge on any atom is -0.299 e. The number of aromatic nitrogens is 1. The molecule has 14 heavy (non-hydrogen) atoms. The van der Waals surface area contributed by atoms with Crippen LogP contribution in [0.1, 0.15) is 24.1 Å². The molecule has 3 nitrogen and oxygen atoms in total. The molecule has 1 aliphatic rings. The van der Waals surface area contributed by atoms with Gasteiger partial charge in [0.1, 0.15) is 11.8 Å². The second-order valence-electron chi connectivity index (χ2n) is 3.61. The summed E-state index contributed by atoms with van der Waals surface area (Å²) in [5, 5.41) is 8.86. The number of pyridine rings is 1. The minimum atomic E-state index is 0.569. The van der Waals surface area contributed by atoms with Gasteiger partial charge in [0.25, 0.3) is 0 Å². The third-order valence-electron chi connectivity index (χ3n) is 2.59. The van der Waals surface area contributed by atoms with Crippen molar-refractivity contribution in [3.63, 3.8) is 0 Å². The highest BCUT2D eigenvalue weighted by Gasteiger charge is 2.13. The molecule has 1 aromatic rings. The molecule has 1 aromatic heterocycles. The van der Waals surface area contributed by atoms with Crippen molar-refractivity contribution >= 4 is 0 Å². The van der Waals surface area contributed by atoms with E-state index in [-0.39, 0.29) is 0 Å². The zero-order valence-electron chi connectivity index (χ0n) is 8.11. The Balaban J connectivity index is 2.11. The van der Waals surface area contributed by atoms with Gasteiger partial charge >= 0.3 is 0 Å².